The Morgan fingerprint density at radius 2 is 1.62 bits per heavy atom. The molecule has 0 radical (unpaired) electrons. The van der Waals surface area contributed by atoms with Gasteiger partial charge >= 0.3 is 0 Å². The van der Waals surface area contributed by atoms with Gasteiger partial charge in [-0.1, -0.05) is 18.2 Å². The number of hydrogen-bond donors (Lipinski definition) is 1. The van der Waals surface area contributed by atoms with Gasteiger partial charge in [0.05, 0.1) is 7.11 Å². The lowest BCUT2D eigenvalue weighted by Gasteiger charge is -2.22. The smallest absolute Gasteiger partial charge is 0.125 e. The second-order valence-corrected chi connectivity index (χ2v) is 6.00. The predicted octanol–water partition coefficient (Wildman–Crippen LogP) is 4.48. The van der Waals surface area contributed by atoms with Crippen LogP contribution >= 0.6 is 0 Å². The van der Waals surface area contributed by atoms with E-state index in [9.17, 15) is 0 Å². The van der Waals surface area contributed by atoms with Crippen molar-refractivity contribution >= 4 is 5.69 Å². The lowest BCUT2D eigenvalue weighted by atomic mass is 10.1. The van der Waals surface area contributed by atoms with Crippen LogP contribution in [0.2, 0.25) is 0 Å². The van der Waals surface area contributed by atoms with E-state index in [-0.39, 0.29) is 5.54 Å². The Bertz CT molecular complexity index is 571. The normalized spacial score (nSPS) is 11.0. The topological polar surface area (TPSA) is 30.5 Å². The molecule has 21 heavy (non-hydrogen) atoms. The summed E-state index contributed by atoms with van der Waals surface area (Å²) in [6, 6.07) is 15.9. The van der Waals surface area contributed by atoms with E-state index < -0.39 is 0 Å². The number of para-hydroxylation sites is 1. The summed E-state index contributed by atoms with van der Waals surface area (Å²) in [6.07, 6.45) is 0. The first-order chi connectivity index (χ1) is 9.98. The minimum atomic E-state index is 0.0553. The van der Waals surface area contributed by atoms with Gasteiger partial charge in [0.1, 0.15) is 18.1 Å². The van der Waals surface area contributed by atoms with E-state index in [1.807, 2.05) is 48.5 Å². The summed E-state index contributed by atoms with van der Waals surface area (Å²) in [5.41, 5.74) is 2.18. The maximum Gasteiger partial charge on any atom is 0.125 e. The predicted molar refractivity (Wildman–Crippen MR) is 87.1 cm³/mol. The maximum absolute atomic E-state index is 5.81. The monoisotopic (exact) mass is 285 g/mol. The quantitative estimate of drug-likeness (QED) is 0.878. The molecular weight excluding hydrogens is 262 g/mol. The number of methoxy groups -OCH3 is 1. The van der Waals surface area contributed by atoms with Gasteiger partial charge in [-0.15, -0.1) is 0 Å². The fraction of sp³-hybridized carbons (Fsp3) is 0.333. The van der Waals surface area contributed by atoms with E-state index in [1.165, 1.54) is 0 Å². The van der Waals surface area contributed by atoms with Gasteiger partial charge in [0.15, 0.2) is 0 Å². The largest absolute Gasteiger partial charge is 0.496 e. The highest BCUT2D eigenvalue weighted by atomic mass is 16.5. The molecule has 0 fully saturated rings. The van der Waals surface area contributed by atoms with Crippen LogP contribution in [0.4, 0.5) is 5.69 Å². The fourth-order valence-corrected chi connectivity index (χ4v) is 2.05. The molecule has 112 valence electrons. The average molecular weight is 285 g/mol. The molecule has 0 aliphatic rings. The molecule has 0 aliphatic carbocycles. The van der Waals surface area contributed by atoms with Crippen molar-refractivity contribution < 1.29 is 9.47 Å². The van der Waals surface area contributed by atoms with Crippen molar-refractivity contribution in [3.63, 3.8) is 0 Å². The Morgan fingerprint density at radius 3 is 2.24 bits per heavy atom. The molecule has 0 unspecified atom stereocenters. The molecule has 0 saturated carbocycles. The lowest BCUT2D eigenvalue weighted by Crippen LogP contribution is -2.25. The van der Waals surface area contributed by atoms with Crippen molar-refractivity contribution in [1.29, 1.82) is 0 Å². The molecule has 3 nitrogen and oxygen atoms in total. The van der Waals surface area contributed by atoms with Crippen molar-refractivity contribution in [3.8, 4) is 11.5 Å². The van der Waals surface area contributed by atoms with Crippen LogP contribution < -0.4 is 14.8 Å². The van der Waals surface area contributed by atoms with Gasteiger partial charge in [-0.05, 0) is 51.1 Å². The highest BCUT2D eigenvalue weighted by Gasteiger charge is 2.09. The first-order valence-electron chi connectivity index (χ1n) is 7.11. The van der Waals surface area contributed by atoms with Crippen molar-refractivity contribution in [2.24, 2.45) is 0 Å². The van der Waals surface area contributed by atoms with Crippen molar-refractivity contribution in [2.75, 3.05) is 12.4 Å². The van der Waals surface area contributed by atoms with Gasteiger partial charge in [-0.2, -0.15) is 0 Å². The summed E-state index contributed by atoms with van der Waals surface area (Å²) in [7, 11) is 1.67. The summed E-state index contributed by atoms with van der Waals surface area (Å²) < 4.78 is 11.1. The van der Waals surface area contributed by atoms with Gasteiger partial charge in [-0.25, -0.2) is 0 Å². The van der Waals surface area contributed by atoms with Gasteiger partial charge in [0.2, 0.25) is 0 Å². The van der Waals surface area contributed by atoms with Gasteiger partial charge < -0.3 is 14.8 Å². The highest BCUT2D eigenvalue weighted by molar-refractivity contribution is 5.48. The maximum atomic E-state index is 5.81. The van der Waals surface area contributed by atoms with E-state index in [2.05, 4.69) is 26.1 Å². The molecule has 1 N–H and O–H groups in total. The number of rotatable bonds is 5. The first-order valence-corrected chi connectivity index (χ1v) is 7.11. The van der Waals surface area contributed by atoms with E-state index in [4.69, 9.17) is 9.47 Å². The van der Waals surface area contributed by atoms with Crippen LogP contribution in [0, 0.1) is 0 Å². The van der Waals surface area contributed by atoms with Crippen LogP contribution in [0.3, 0.4) is 0 Å². The summed E-state index contributed by atoms with van der Waals surface area (Å²) in [6.45, 7) is 6.91. The zero-order valence-corrected chi connectivity index (χ0v) is 13.1. The second-order valence-electron chi connectivity index (χ2n) is 6.00. The van der Waals surface area contributed by atoms with Gasteiger partial charge in [0, 0.05) is 16.8 Å². The summed E-state index contributed by atoms with van der Waals surface area (Å²) >= 11 is 0. The molecule has 2 aromatic carbocycles. The molecular formula is C18H23NO2. The van der Waals surface area contributed by atoms with Crippen LogP contribution in [0.1, 0.15) is 26.3 Å². The molecule has 0 aromatic heterocycles. The first kappa shape index (κ1) is 15.2. The van der Waals surface area contributed by atoms with Crippen LogP contribution in [-0.2, 0) is 6.61 Å². The average Bonchev–Trinajstić information content (AvgIpc) is 2.45. The zero-order chi connectivity index (χ0) is 15.3. The Labute approximate surface area is 126 Å². The molecule has 2 aromatic rings. The van der Waals surface area contributed by atoms with E-state index >= 15 is 0 Å². The number of nitrogens with one attached hydrogen (secondary N) is 1. The molecule has 0 atom stereocenters. The SMILES string of the molecule is COc1ccccc1COc1ccc(NC(C)(C)C)cc1. The van der Waals surface area contributed by atoms with Crippen molar-refractivity contribution in [3.05, 3.63) is 54.1 Å². The number of ether oxygens (including phenoxy) is 2. The van der Waals surface area contributed by atoms with Crippen molar-refractivity contribution in [2.45, 2.75) is 32.9 Å². The lowest BCUT2D eigenvalue weighted by molar-refractivity contribution is 0.296. The second kappa shape index (κ2) is 6.53. The molecule has 0 bridgehead atoms. The van der Waals surface area contributed by atoms with Gasteiger partial charge in [0.25, 0.3) is 0 Å². The minimum Gasteiger partial charge on any atom is -0.496 e. The summed E-state index contributed by atoms with van der Waals surface area (Å²) in [5, 5.41) is 3.42. The van der Waals surface area contributed by atoms with Crippen molar-refractivity contribution in [1.82, 2.24) is 0 Å². The number of anilines is 1. The van der Waals surface area contributed by atoms with Crippen LogP contribution in [0.15, 0.2) is 48.5 Å². The number of hydrogen-bond acceptors (Lipinski definition) is 3. The minimum absolute atomic E-state index is 0.0553. The fourth-order valence-electron chi connectivity index (χ4n) is 2.05. The van der Waals surface area contributed by atoms with E-state index in [0.717, 1.165) is 22.7 Å². The standard InChI is InChI=1S/C18H23NO2/c1-18(2,3)19-15-9-11-16(12-10-15)21-13-14-7-5-6-8-17(14)20-4/h5-12,19H,13H2,1-4H3. The van der Waals surface area contributed by atoms with Crippen LogP contribution in [0.5, 0.6) is 11.5 Å². The third kappa shape index (κ3) is 4.71. The Hall–Kier alpha value is -2.16. The molecule has 0 heterocycles. The van der Waals surface area contributed by atoms with Crippen LogP contribution in [-0.4, -0.2) is 12.6 Å². The van der Waals surface area contributed by atoms with E-state index in [0.29, 0.717) is 6.61 Å². The Balaban J connectivity index is 1.98. The Morgan fingerprint density at radius 1 is 0.952 bits per heavy atom. The van der Waals surface area contributed by atoms with E-state index in [1.54, 1.807) is 7.11 Å². The molecule has 0 amide bonds. The third-order valence-electron chi connectivity index (χ3n) is 2.96. The summed E-state index contributed by atoms with van der Waals surface area (Å²) in [4.78, 5) is 0. The Kier molecular flexibility index (Phi) is 4.73. The highest BCUT2D eigenvalue weighted by Crippen LogP contribution is 2.22. The van der Waals surface area contributed by atoms with Crippen LogP contribution in [0.25, 0.3) is 0 Å². The molecule has 0 saturated heterocycles. The molecule has 0 spiro atoms. The summed E-state index contributed by atoms with van der Waals surface area (Å²) in [5.74, 6) is 1.70. The van der Waals surface area contributed by atoms with Gasteiger partial charge in [-0.3, -0.25) is 0 Å². The number of benzene rings is 2. The third-order valence-corrected chi connectivity index (χ3v) is 2.96. The molecule has 2 rings (SSSR count). The molecule has 3 heteroatoms. The molecule has 0 aliphatic heterocycles. The zero-order valence-electron chi connectivity index (χ0n) is 13.1.